The second-order valence-electron chi connectivity index (χ2n) is 15.5. The van der Waals surface area contributed by atoms with E-state index >= 15 is 0 Å². The summed E-state index contributed by atoms with van der Waals surface area (Å²) in [4.78, 5) is 26.9. The molecular weight excluding hydrogens is 739 g/mol. The number of aliphatic hydroxyl groups is 1. The van der Waals surface area contributed by atoms with Crippen LogP contribution in [0.25, 0.3) is 11.2 Å². The van der Waals surface area contributed by atoms with Gasteiger partial charge in [-0.1, -0.05) is 93.6 Å². The average Bonchev–Trinajstić information content (AvgIpc) is 3.81. The number of methoxy groups -OCH3 is 2. The molecule has 1 aliphatic rings. The molecule has 3 heterocycles. The first kappa shape index (κ1) is 39.8. The Labute approximate surface area is 333 Å². The van der Waals surface area contributed by atoms with Gasteiger partial charge in [0.1, 0.15) is 41.7 Å². The minimum Gasteiger partial charge on any atom is -0.497 e. The Bertz CT molecular complexity index is 2230. The van der Waals surface area contributed by atoms with Gasteiger partial charge >= 0.3 is 0 Å². The molecule has 12 nitrogen and oxygen atoms in total. The summed E-state index contributed by atoms with van der Waals surface area (Å²) in [5, 5.41) is 13.9. The van der Waals surface area contributed by atoms with E-state index in [1.54, 1.807) is 49.4 Å². The minimum absolute atomic E-state index is 0.198. The zero-order valence-corrected chi connectivity index (χ0v) is 34.2. The fraction of sp³-hybridized carbons (Fsp3) is 0.318. The van der Waals surface area contributed by atoms with E-state index in [4.69, 9.17) is 23.4 Å². The summed E-state index contributed by atoms with van der Waals surface area (Å²) in [7, 11) is 0.686. The Hall–Kier alpha value is -5.44. The summed E-state index contributed by atoms with van der Waals surface area (Å²) in [6.45, 7) is 10.5. The number of benzene rings is 4. The summed E-state index contributed by atoms with van der Waals surface area (Å²) >= 11 is 0. The van der Waals surface area contributed by atoms with Crippen molar-refractivity contribution in [2.24, 2.45) is 0 Å². The van der Waals surface area contributed by atoms with Gasteiger partial charge in [0.2, 0.25) is 0 Å². The molecule has 7 rings (SSSR count). The molecule has 4 aromatic carbocycles. The van der Waals surface area contributed by atoms with Crippen LogP contribution in [0, 0.1) is 0 Å². The number of hydrogen-bond acceptors (Lipinski definition) is 10. The minimum atomic E-state index is -2.58. The van der Waals surface area contributed by atoms with E-state index in [1.807, 2.05) is 84.9 Å². The lowest BCUT2D eigenvalue weighted by molar-refractivity contribution is -0.110. The van der Waals surface area contributed by atoms with Crippen LogP contribution < -0.4 is 14.8 Å². The van der Waals surface area contributed by atoms with Crippen molar-refractivity contribution in [3.05, 3.63) is 144 Å². The summed E-state index contributed by atoms with van der Waals surface area (Å²) in [6, 6.07) is 34.5. The summed E-state index contributed by atoms with van der Waals surface area (Å²) in [5.41, 5.74) is 2.53. The highest BCUT2D eigenvalue weighted by Crippen LogP contribution is 2.48. The van der Waals surface area contributed by atoms with Crippen molar-refractivity contribution in [1.82, 2.24) is 19.5 Å². The van der Waals surface area contributed by atoms with Gasteiger partial charge in [0.05, 0.1) is 27.2 Å². The summed E-state index contributed by atoms with van der Waals surface area (Å²) in [5.74, 6) is 1.31. The molecule has 0 spiro atoms. The quantitative estimate of drug-likeness (QED) is 0.0883. The number of fused-ring (bicyclic) bond motifs is 1. The third-order valence-electron chi connectivity index (χ3n) is 11.1. The zero-order valence-electron chi connectivity index (χ0n) is 33.2. The third-order valence-corrected chi connectivity index (χ3v) is 15.6. The molecule has 1 aliphatic heterocycles. The van der Waals surface area contributed by atoms with Crippen LogP contribution in [0.4, 0.5) is 5.82 Å². The standard InChI is InChI=1S/C44H49N5O7Si/c1-43(2,3)57(6,7)56-38-37(35(26-50)54-42(38)49-28-47-36-39(45-27-46-40(36)49)48-41(51)29-14-10-8-11-15-29)55-44(30-16-12-9-13-17-30,31-18-22-33(52-4)23-19-31)32-20-24-34(53-5)25-21-32/h8-25,27-28,35,37-38,42,50H,26H2,1-7H3,(H,45,46,48,51)/t35-,37?,38+,42-/m1/s1. The molecule has 296 valence electrons. The molecule has 4 atom stereocenters. The molecule has 0 bridgehead atoms. The fourth-order valence-corrected chi connectivity index (χ4v) is 8.28. The van der Waals surface area contributed by atoms with Crippen LogP contribution in [0.3, 0.4) is 0 Å². The molecule has 57 heavy (non-hydrogen) atoms. The molecule has 0 aliphatic carbocycles. The SMILES string of the molecule is COc1ccc(C(OC2[C@@H](CO)O[C@@H](n3cnc4c(NC(=O)c5ccccc5)ncnc43)[C@H]2O[Si](C)(C)C(C)(C)C)(c2ccccc2)c2ccc(OC)cc2)cc1. The number of anilines is 1. The first-order valence-corrected chi connectivity index (χ1v) is 21.8. The first-order valence-electron chi connectivity index (χ1n) is 18.9. The van der Waals surface area contributed by atoms with Gasteiger partial charge in [-0.25, -0.2) is 15.0 Å². The molecule has 1 unspecified atom stereocenters. The molecule has 0 saturated carbocycles. The number of aliphatic hydroxyl groups excluding tert-OH is 1. The lowest BCUT2D eigenvalue weighted by Crippen LogP contribution is -2.51. The van der Waals surface area contributed by atoms with Gasteiger partial charge in [0, 0.05) is 5.56 Å². The third kappa shape index (κ3) is 7.68. The van der Waals surface area contributed by atoms with E-state index in [0.717, 1.165) is 16.7 Å². The fourth-order valence-electron chi connectivity index (χ4n) is 7.00. The number of carbonyl (C=O) groups is 1. The number of nitrogens with one attached hydrogen (secondary N) is 1. The lowest BCUT2D eigenvalue weighted by atomic mass is 9.79. The van der Waals surface area contributed by atoms with Crippen LogP contribution >= 0.6 is 0 Å². The number of imidazole rings is 1. The largest absolute Gasteiger partial charge is 0.497 e. The lowest BCUT2D eigenvalue weighted by Gasteiger charge is -2.44. The van der Waals surface area contributed by atoms with Gasteiger partial charge in [0.25, 0.3) is 5.91 Å². The maximum Gasteiger partial charge on any atom is 0.256 e. The Balaban J connectivity index is 1.39. The van der Waals surface area contributed by atoms with Crippen LogP contribution in [-0.4, -0.2) is 78.0 Å². The van der Waals surface area contributed by atoms with Crippen LogP contribution in [0.15, 0.2) is 122 Å². The molecule has 6 aromatic rings. The molecule has 0 radical (unpaired) electrons. The predicted octanol–water partition coefficient (Wildman–Crippen LogP) is 7.75. The van der Waals surface area contributed by atoms with E-state index in [-0.39, 0.29) is 23.4 Å². The normalized spacial score (nSPS) is 18.7. The van der Waals surface area contributed by atoms with Crippen LogP contribution in [0.5, 0.6) is 11.5 Å². The monoisotopic (exact) mass is 787 g/mol. The summed E-state index contributed by atoms with van der Waals surface area (Å²) < 4.78 is 34.7. The molecule has 13 heteroatoms. The van der Waals surface area contributed by atoms with E-state index in [2.05, 4.69) is 54.1 Å². The first-order chi connectivity index (χ1) is 27.4. The number of rotatable bonds is 13. The van der Waals surface area contributed by atoms with Crippen molar-refractivity contribution >= 4 is 31.2 Å². The number of hydrogen-bond donors (Lipinski definition) is 2. The van der Waals surface area contributed by atoms with Crippen molar-refractivity contribution in [2.45, 2.75) is 69.0 Å². The molecule has 1 amide bonds. The van der Waals surface area contributed by atoms with Gasteiger partial charge in [-0.15, -0.1) is 0 Å². The zero-order chi connectivity index (χ0) is 40.4. The van der Waals surface area contributed by atoms with E-state index in [1.165, 1.54) is 6.33 Å². The Morgan fingerprint density at radius 2 is 1.35 bits per heavy atom. The van der Waals surface area contributed by atoms with Gasteiger partial charge in [0.15, 0.2) is 31.5 Å². The maximum absolute atomic E-state index is 13.2. The molecule has 2 aromatic heterocycles. The second kappa shape index (κ2) is 16.2. The van der Waals surface area contributed by atoms with Gasteiger partial charge in [-0.05, 0) is 71.2 Å². The highest BCUT2D eigenvalue weighted by atomic mass is 28.4. The number of nitrogens with zero attached hydrogens (tertiary/aromatic N) is 4. The van der Waals surface area contributed by atoms with Crippen molar-refractivity contribution < 1.29 is 33.3 Å². The van der Waals surface area contributed by atoms with Crippen LogP contribution in [-0.2, 0) is 19.5 Å². The molecular formula is C44H49N5O7Si. The van der Waals surface area contributed by atoms with Gasteiger partial charge in [-0.3, -0.25) is 9.36 Å². The number of ether oxygens (including phenoxy) is 4. The number of carbonyl (C=O) groups excluding carboxylic acids is 1. The van der Waals surface area contributed by atoms with Crippen LogP contribution in [0.1, 0.15) is 54.0 Å². The molecule has 2 N–H and O–H groups in total. The molecule has 1 fully saturated rings. The highest BCUT2D eigenvalue weighted by Gasteiger charge is 2.55. The molecule has 1 saturated heterocycles. The summed E-state index contributed by atoms with van der Waals surface area (Å²) in [6.07, 6.45) is -0.309. The smallest absolute Gasteiger partial charge is 0.256 e. The van der Waals surface area contributed by atoms with Crippen molar-refractivity contribution in [1.29, 1.82) is 0 Å². The Morgan fingerprint density at radius 3 is 1.89 bits per heavy atom. The topological polar surface area (TPSA) is 139 Å². The van der Waals surface area contributed by atoms with Crippen molar-refractivity contribution in [3.63, 3.8) is 0 Å². The van der Waals surface area contributed by atoms with E-state index in [9.17, 15) is 9.90 Å². The van der Waals surface area contributed by atoms with E-state index < -0.39 is 38.5 Å². The average molecular weight is 788 g/mol. The van der Waals surface area contributed by atoms with Gasteiger partial charge in [-0.2, -0.15) is 0 Å². The number of amides is 1. The van der Waals surface area contributed by atoms with Gasteiger partial charge < -0.3 is 33.8 Å². The second-order valence-corrected chi connectivity index (χ2v) is 20.3. The van der Waals surface area contributed by atoms with Crippen LogP contribution in [0.2, 0.25) is 18.1 Å². The number of aromatic nitrogens is 4. The van der Waals surface area contributed by atoms with Crippen molar-refractivity contribution in [3.8, 4) is 11.5 Å². The highest BCUT2D eigenvalue weighted by molar-refractivity contribution is 6.74. The Kier molecular flexibility index (Phi) is 11.3. The van der Waals surface area contributed by atoms with Crippen molar-refractivity contribution in [2.75, 3.05) is 26.1 Å². The maximum atomic E-state index is 13.2. The predicted molar refractivity (Wildman–Crippen MR) is 220 cm³/mol. The van der Waals surface area contributed by atoms with E-state index in [0.29, 0.717) is 28.2 Å². The Morgan fingerprint density at radius 1 is 0.789 bits per heavy atom.